The van der Waals surface area contributed by atoms with Gasteiger partial charge in [0.25, 0.3) is 0 Å². The molecule has 0 unspecified atom stereocenters. The molecule has 27 heavy (non-hydrogen) atoms. The minimum absolute atomic E-state index is 0.0287. The molecular weight excluding hydrogens is 364 g/mol. The number of aromatic amines is 1. The van der Waals surface area contributed by atoms with Gasteiger partial charge in [-0.3, -0.25) is 4.79 Å². The molecule has 0 saturated heterocycles. The number of halogens is 1. The summed E-state index contributed by atoms with van der Waals surface area (Å²) in [5.41, 5.74) is 3.76. The van der Waals surface area contributed by atoms with Crippen LogP contribution in [0.2, 0.25) is 5.02 Å². The van der Waals surface area contributed by atoms with E-state index in [-0.39, 0.29) is 18.0 Å². The molecule has 1 aromatic heterocycles. The zero-order valence-electron chi connectivity index (χ0n) is 15.0. The standard InChI is InChI=1S/C19H19ClN6O/c1-11-9-17(21-15-6-4-14(20)5-7-15)16-10-13(19-22-24-25-23-19)3-8-18(16)26(11)12(2)27/h3-8,10-11,17,21H,9H2,1-2H3,(H,22,23,24,25)/t11-,17+/m1/s1. The summed E-state index contributed by atoms with van der Waals surface area (Å²) in [4.78, 5) is 14.1. The number of rotatable bonds is 3. The summed E-state index contributed by atoms with van der Waals surface area (Å²) in [6.07, 6.45) is 0.783. The van der Waals surface area contributed by atoms with Crippen LogP contribution in [0, 0.1) is 0 Å². The number of nitrogens with zero attached hydrogens (tertiary/aromatic N) is 4. The van der Waals surface area contributed by atoms with Crippen molar-refractivity contribution in [1.82, 2.24) is 20.6 Å². The van der Waals surface area contributed by atoms with Crippen molar-refractivity contribution in [1.29, 1.82) is 0 Å². The zero-order chi connectivity index (χ0) is 19.0. The predicted octanol–water partition coefficient (Wildman–Crippen LogP) is 3.82. The van der Waals surface area contributed by atoms with Gasteiger partial charge in [0, 0.05) is 34.9 Å². The van der Waals surface area contributed by atoms with Gasteiger partial charge in [0.1, 0.15) is 0 Å². The van der Waals surface area contributed by atoms with E-state index in [9.17, 15) is 4.79 Å². The second-order valence-electron chi connectivity index (χ2n) is 6.69. The van der Waals surface area contributed by atoms with Gasteiger partial charge in [-0.2, -0.15) is 5.21 Å². The zero-order valence-corrected chi connectivity index (χ0v) is 15.7. The lowest BCUT2D eigenvalue weighted by atomic mass is 9.90. The van der Waals surface area contributed by atoms with Crippen LogP contribution >= 0.6 is 11.6 Å². The maximum atomic E-state index is 12.2. The van der Waals surface area contributed by atoms with Gasteiger partial charge < -0.3 is 10.2 Å². The number of nitrogens with one attached hydrogen (secondary N) is 2. The fraction of sp³-hybridized carbons (Fsp3) is 0.263. The van der Waals surface area contributed by atoms with Crippen molar-refractivity contribution in [3.63, 3.8) is 0 Å². The fourth-order valence-electron chi connectivity index (χ4n) is 3.65. The number of carbonyl (C=O) groups excluding carboxylic acids is 1. The third-order valence-electron chi connectivity index (χ3n) is 4.81. The Balaban J connectivity index is 1.76. The smallest absolute Gasteiger partial charge is 0.224 e. The molecule has 2 atom stereocenters. The Morgan fingerprint density at radius 1 is 1.26 bits per heavy atom. The number of aromatic nitrogens is 4. The summed E-state index contributed by atoms with van der Waals surface area (Å²) in [5, 5.41) is 18.5. The van der Waals surface area contributed by atoms with Crippen LogP contribution in [-0.4, -0.2) is 32.6 Å². The first kappa shape index (κ1) is 17.5. The monoisotopic (exact) mass is 382 g/mol. The maximum Gasteiger partial charge on any atom is 0.224 e. The van der Waals surface area contributed by atoms with Crippen molar-refractivity contribution in [3.05, 3.63) is 53.1 Å². The molecule has 2 aromatic carbocycles. The molecule has 0 spiro atoms. The highest BCUT2D eigenvalue weighted by atomic mass is 35.5. The van der Waals surface area contributed by atoms with Crippen LogP contribution in [0.5, 0.6) is 0 Å². The number of amides is 1. The molecule has 2 N–H and O–H groups in total. The summed E-state index contributed by atoms with van der Waals surface area (Å²) < 4.78 is 0. The molecule has 1 aliphatic heterocycles. The molecule has 0 saturated carbocycles. The van der Waals surface area contributed by atoms with Crippen molar-refractivity contribution in [2.45, 2.75) is 32.4 Å². The van der Waals surface area contributed by atoms with Crippen molar-refractivity contribution < 1.29 is 4.79 Å². The van der Waals surface area contributed by atoms with E-state index in [0.717, 1.165) is 28.9 Å². The Kier molecular flexibility index (Phi) is 4.53. The summed E-state index contributed by atoms with van der Waals surface area (Å²) >= 11 is 6.00. The molecule has 0 fully saturated rings. The maximum absolute atomic E-state index is 12.2. The van der Waals surface area contributed by atoms with E-state index in [4.69, 9.17) is 11.6 Å². The first-order valence-electron chi connectivity index (χ1n) is 8.72. The fourth-order valence-corrected chi connectivity index (χ4v) is 3.78. The number of fused-ring (bicyclic) bond motifs is 1. The normalized spacial score (nSPS) is 18.9. The first-order valence-corrected chi connectivity index (χ1v) is 9.10. The van der Waals surface area contributed by atoms with Gasteiger partial charge in [-0.05, 0) is 66.6 Å². The molecule has 8 heteroatoms. The number of hydrogen-bond donors (Lipinski definition) is 2. The lowest BCUT2D eigenvalue weighted by Crippen LogP contribution is -2.43. The molecule has 3 aromatic rings. The Bertz CT molecular complexity index is 957. The van der Waals surface area contributed by atoms with Crippen LogP contribution < -0.4 is 10.2 Å². The lowest BCUT2D eigenvalue weighted by Gasteiger charge is -2.39. The molecule has 4 rings (SSSR count). The number of H-pyrrole nitrogens is 1. The number of carbonyl (C=O) groups is 1. The van der Waals surface area contributed by atoms with Gasteiger partial charge in [-0.1, -0.05) is 11.6 Å². The van der Waals surface area contributed by atoms with Gasteiger partial charge in [0.2, 0.25) is 11.7 Å². The average Bonchev–Trinajstić information content (AvgIpc) is 3.18. The van der Waals surface area contributed by atoms with Gasteiger partial charge in [-0.25, -0.2) is 0 Å². The number of hydrogen-bond acceptors (Lipinski definition) is 5. The SMILES string of the molecule is CC(=O)N1c2ccc(-c3nn[nH]n3)cc2[C@@H](Nc2ccc(Cl)cc2)C[C@H]1C. The third kappa shape index (κ3) is 3.38. The van der Waals surface area contributed by atoms with E-state index >= 15 is 0 Å². The van der Waals surface area contributed by atoms with Crippen molar-refractivity contribution in [2.24, 2.45) is 0 Å². The van der Waals surface area contributed by atoms with E-state index < -0.39 is 0 Å². The van der Waals surface area contributed by atoms with E-state index in [0.29, 0.717) is 10.8 Å². The van der Waals surface area contributed by atoms with Crippen LogP contribution in [0.4, 0.5) is 11.4 Å². The van der Waals surface area contributed by atoms with Crippen molar-refractivity contribution in [3.8, 4) is 11.4 Å². The molecule has 138 valence electrons. The van der Waals surface area contributed by atoms with E-state index in [1.165, 1.54) is 0 Å². The van der Waals surface area contributed by atoms with Crippen molar-refractivity contribution >= 4 is 28.9 Å². The van der Waals surface area contributed by atoms with Crippen LogP contribution in [0.15, 0.2) is 42.5 Å². The molecule has 0 aliphatic carbocycles. The number of tetrazole rings is 1. The predicted molar refractivity (Wildman–Crippen MR) is 105 cm³/mol. The summed E-state index contributed by atoms with van der Waals surface area (Å²) in [6.45, 7) is 3.66. The van der Waals surface area contributed by atoms with Gasteiger partial charge in [0.05, 0.1) is 6.04 Å². The van der Waals surface area contributed by atoms with Crippen LogP contribution in [0.25, 0.3) is 11.4 Å². The molecule has 7 nitrogen and oxygen atoms in total. The largest absolute Gasteiger partial charge is 0.378 e. The van der Waals surface area contributed by atoms with E-state index in [1.807, 2.05) is 47.4 Å². The molecule has 1 amide bonds. The third-order valence-corrected chi connectivity index (χ3v) is 5.06. The second-order valence-corrected chi connectivity index (χ2v) is 7.12. The number of benzene rings is 2. The molecule has 1 aliphatic rings. The molecule has 2 heterocycles. The van der Waals surface area contributed by atoms with E-state index in [2.05, 4.69) is 32.9 Å². The second kappa shape index (κ2) is 7.00. The van der Waals surface area contributed by atoms with Gasteiger partial charge in [0.15, 0.2) is 0 Å². The summed E-state index contributed by atoms with van der Waals surface area (Å²) in [6, 6.07) is 13.6. The molecular formula is C19H19ClN6O. The summed E-state index contributed by atoms with van der Waals surface area (Å²) in [5.74, 6) is 0.553. The Labute approximate surface area is 161 Å². The van der Waals surface area contributed by atoms with Gasteiger partial charge >= 0.3 is 0 Å². The highest BCUT2D eigenvalue weighted by Gasteiger charge is 2.32. The highest BCUT2D eigenvalue weighted by molar-refractivity contribution is 6.30. The Morgan fingerprint density at radius 2 is 2.04 bits per heavy atom. The Hall–Kier alpha value is -2.93. The molecule has 0 radical (unpaired) electrons. The minimum atomic E-state index is 0.0287. The van der Waals surface area contributed by atoms with Crippen LogP contribution in [-0.2, 0) is 4.79 Å². The number of anilines is 2. The highest BCUT2D eigenvalue weighted by Crippen LogP contribution is 2.40. The lowest BCUT2D eigenvalue weighted by molar-refractivity contribution is -0.117. The Morgan fingerprint density at radius 3 is 2.70 bits per heavy atom. The molecule has 0 bridgehead atoms. The van der Waals surface area contributed by atoms with Crippen LogP contribution in [0.1, 0.15) is 31.9 Å². The first-order chi connectivity index (χ1) is 13.0. The van der Waals surface area contributed by atoms with Crippen LogP contribution in [0.3, 0.4) is 0 Å². The summed E-state index contributed by atoms with van der Waals surface area (Å²) in [7, 11) is 0. The minimum Gasteiger partial charge on any atom is -0.378 e. The van der Waals surface area contributed by atoms with Gasteiger partial charge in [-0.15, -0.1) is 10.2 Å². The topological polar surface area (TPSA) is 86.8 Å². The van der Waals surface area contributed by atoms with Crippen molar-refractivity contribution in [2.75, 3.05) is 10.2 Å². The quantitative estimate of drug-likeness (QED) is 0.719. The van der Waals surface area contributed by atoms with E-state index in [1.54, 1.807) is 6.92 Å². The average molecular weight is 383 g/mol.